The summed E-state index contributed by atoms with van der Waals surface area (Å²) in [7, 11) is 0. The number of hydrogen-bond acceptors (Lipinski definition) is 2. The highest BCUT2D eigenvalue weighted by Gasteiger charge is 2.12. The molecule has 0 amide bonds. The molecule has 5 heteroatoms. The van der Waals surface area contributed by atoms with Gasteiger partial charge in [0.25, 0.3) is 0 Å². The first-order chi connectivity index (χ1) is 9.61. The van der Waals surface area contributed by atoms with Gasteiger partial charge < -0.3 is 4.98 Å². The standard InChI is InChI=1S/C15H10BrN3S/c1-9-3-2-4-12-14(9)19(15(20)18-12)13-7-11(16)6-5-10(13)8-17/h2-7H,1H3,(H,18,20). The minimum Gasteiger partial charge on any atom is -0.330 e. The first-order valence-electron chi connectivity index (χ1n) is 6.02. The lowest BCUT2D eigenvalue weighted by molar-refractivity contribution is 1.05. The Labute approximate surface area is 129 Å². The van der Waals surface area contributed by atoms with Crippen LogP contribution >= 0.6 is 28.1 Å². The molecule has 98 valence electrons. The van der Waals surface area contributed by atoms with Crippen molar-refractivity contribution < 1.29 is 0 Å². The number of aryl methyl sites for hydroxylation is 1. The lowest BCUT2D eigenvalue weighted by atomic mass is 10.1. The normalized spacial score (nSPS) is 10.7. The summed E-state index contributed by atoms with van der Waals surface area (Å²) < 4.78 is 3.42. The summed E-state index contributed by atoms with van der Waals surface area (Å²) >= 11 is 8.88. The summed E-state index contributed by atoms with van der Waals surface area (Å²) in [6.45, 7) is 2.03. The number of para-hydroxylation sites is 1. The summed E-state index contributed by atoms with van der Waals surface area (Å²) in [5.41, 5.74) is 4.46. The molecule has 0 aliphatic carbocycles. The van der Waals surface area contributed by atoms with Crippen molar-refractivity contribution in [3.63, 3.8) is 0 Å². The summed E-state index contributed by atoms with van der Waals surface area (Å²) in [5, 5.41) is 9.32. The van der Waals surface area contributed by atoms with Crippen LogP contribution in [0.4, 0.5) is 0 Å². The average Bonchev–Trinajstić information content (AvgIpc) is 2.76. The van der Waals surface area contributed by atoms with E-state index in [9.17, 15) is 5.26 Å². The minimum absolute atomic E-state index is 0.587. The van der Waals surface area contributed by atoms with Crippen LogP contribution in [0.2, 0.25) is 0 Å². The fourth-order valence-electron chi connectivity index (χ4n) is 2.34. The van der Waals surface area contributed by atoms with Crippen LogP contribution in [0.25, 0.3) is 16.7 Å². The predicted molar refractivity (Wildman–Crippen MR) is 85.6 cm³/mol. The van der Waals surface area contributed by atoms with E-state index >= 15 is 0 Å². The fourth-order valence-corrected chi connectivity index (χ4v) is 2.99. The average molecular weight is 344 g/mol. The van der Waals surface area contributed by atoms with Gasteiger partial charge in [0.1, 0.15) is 6.07 Å². The van der Waals surface area contributed by atoms with E-state index in [-0.39, 0.29) is 0 Å². The summed E-state index contributed by atoms with van der Waals surface area (Å²) in [6, 6.07) is 13.8. The van der Waals surface area contributed by atoms with E-state index in [2.05, 4.69) is 27.0 Å². The lowest BCUT2D eigenvalue weighted by Gasteiger charge is -2.09. The van der Waals surface area contributed by atoms with E-state index in [0.29, 0.717) is 10.3 Å². The molecule has 0 saturated carbocycles. The van der Waals surface area contributed by atoms with Gasteiger partial charge in [-0.15, -0.1) is 0 Å². The quantitative estimate of drug-likeness (QED) is 0.654. The molecule has 0 fully saturated rings. The fraction of sp³-hybridized carbons (Fsp3) is 0.0667. The molecule has 1 N–H and O–H groups in total. The van der Waals surface area contributed by atoms with Crippen molar-refractivity contribution in [1.29, 1.82) is 5.26 Å². The van der Waals surface area contributed by atoms with Crippen LogP contribution in [0.1, 0.15) is 11.1 Å². The summed E-state index contributed by atoms with van der Waals surface area (Å²) in [4.78, 5) is 3.19. The van der Waals surface area contributed by atoms with Crippen molar-refractivity contribution in [3.05, 3.63) is 56.8 Å². The maximum atomic E-state index is 9.32. The molecule has 0 aliphatic rings. The van der Waals surface area contributed by atoms with Crippen LogP contribution in [-0.4, -0.2) is 9.55 Å². The van der Waals surface area contributed by atoms with E-state index in [0.717, 1.165) is 26.8 Å². The Kier molecular flexibility index (Phi) is 3.20. The molecule has 0 radical (unpaired) electrons. The van der Waals surface area contributed by atoms with Crippen LogP contribution in [0, 0.1) is 23.0 Å². The Morgan fingerprint density at radius 2 is 2.10 bits per heavy atom. The van der Waals surface area contributed by atoms with Gasteiger partial charge in [0.05, 0.1) is 22.3 Å². The number of nitriles is 1. The van der Waals surface area contributed by atoms with Gasteiger partial charge in [-0.3, -0.25) is 4.57 Å². The number of hydrogen-bond donors (Lipinski definition) is 1. The van der Waals surface area contributed by atoms with Crippen LogP contribution in [0.3, 0.4) is 0 Å². The van der Waals surface area contributed by atoms with Crippen molar-refractivity contribution in [2.24, 2.45) is 0 Å². The van der Waals surface area contributed by atoms with Gasteiger partial charge in [0, 0.05) is 4.47 Å². The third kappa shape index (κ3) is 1.98. The van der Waals surface area contributed by atoms with E-state index in [1.54, 1.807) is 6.07 Å². The molecule has 2 aromatic carbocycles. The van der Waals surface area contributed by atoms with Gasteiger partial charge >= 0.3 is 0 Å². The topological polar surface area (TPSA) is 44.5 Å². The highest BCUT2D eigenvalue weighted by atomic mass is 79.9. The molecular weight excluding hydrogens is 334 g/mol. The van der Waals surface area contributed by atoms with E-state index in [4.69, 9.17) is 12.2 Å². The number of fused-ring (bicyclic) bond motifs is 1. The van der Waals surface area contributed by atoms with Gasteiger partial charge in [-0.2, -0.15) is 5.26 Å². The van der Waals surface area contributed by atoms with Gasteiger partial charge in [-0.25, -0.2) is 0 Å². The molecule has 1 aromatic heterocycles. The summed E-state index contributed by atoms with van der Waals surface area (Å²) in [6.07, 6.45) is 0. The molecule has 0 unspecified atom stereocenters. The molecule has 20 heavy (non-hydrogen) atoms. The molecule has 0 spiro atoms. The number of imidazole rings is 1. The molecule has 3 rings (SSSR count). The number of H-pyrrole nitrogens is 1. The number of rotatable bonds is 1. The second kappa shape index (κ2) is 4.89. The molecule has 3 nitrogen and oxygen atoms in total. The zero-order valence-corrected chi connectivity index (χ0v) is 13.0. The highest BCUT2D eigenvalue weighted by molar-refractivity contribution is 9.10. The number of aromatic amines is 1. The van der Waals surface area contributed by atoms with Crippen molar-refractivity contribution in [2.75, 3.05) is 0 Å². The van der Waals surface area contributed by atoms with Crippen molar-refractivity contribution in [3.8, 4) is 11.8 Å². The lowest BCUT2D eigenvalue weighted by Crippen LogP contribution is -1.98. The van der Waals surface area contributed by atoms with Gasteiger partial charge in [-0.05, 0) is 49.0 Å². The van der Waals surface area contributed by atoms with Crippen LogP contribution in [0.15, 0.2) is 40.9 Å². The second-order valence-electron chi connectivity index (χ2n) is 4.51. The number of benzene rings is 2. The Hall–Kier alpha value is -1.90. The van der Waals surface area contributed by atoms with Gasteiger partial charge in [0.2, 0.25) is 0 Å². The zero-order chi connectivity index (χ0) is 14.3. The Morgan fingerprint density at radius 1 is 1.30 bits per heavy atom. The minimum atomic E-state index is 0.587. The van der Waals surface area contributed by atoms with E-state index in [1.165, 1.54) is 0 Å². The van der Waals surface area contributed by atoms with Crippen LogP contribution < -0.4 is 0 Å². The zero-order valence-electron chi connectivity index (χ0n) is 10.6. The predicted octanol–water partition coefficient (Wildman–Crippen LogP) is 4.63. The van der Waals surface area contributed by atoms with Gasteiger partial charge in [-0.1, -0.05) is 28.1 Å². The molecule has 0 bridgehead atoms. The first kappa shape index (κ1) is 13.1. The number of nitrogens with zero attached hydrogens (tertiary/aromatic N) is 2. The largest absolute Gasteiger partial charge is 0.330 e. The third-order valence-corrected chi connectivity index (χ3v) is 4.01. The second-order valence-corrected chi connectivity index (χ2v) is 5.81. The molecule has 3 aromatic rings. The first-order valence-corrected chi connectivity index (χ1v) is 7.22. The molecule has 0 aliphatic heterocycles. The van der Waals surface area contributed by atoms with Crippen molar-refractivity contribution in [1.82, 2.24) is 9.55 Å². The van der Waals surface area contributed by atoms with Crippen molar-refractivity contribution in [2.45, 2.75) is 6.92 Å². The van der Waals surface area contributed by atoms with Gasteiger partial charge in [0.15, 0.2) is 4.77 Å². The highest BCUT2D eigenvalue weighted by Crippen LogP contribution is 2.26. The SMILES string of the molecule is Cc1cccc2[nH]c(=S)n(-c3cc(Br)ccc3C#N)c12. The number of halogens is 1. The maximum absolute atomic E-state index is 9.32. The molecule has 1 heterocycles. The van der Waals surface area contributed by atoms with E-state index < -0.39 is 0 Å². The number of nitrogens with one attached hydrogen (secondary N) is 1. The monoisotopic (exact) mass is 343 g/mol. The van der Waals surface area contributed by atoms with E-state index in [1.807, 2.05) is 41.8 Å². The third-order valence-electron chi connectivity index (χ3n) is 3.23. The molecule has 0 saturated heterocycles. The van der Waals surface area contributed by atoms with Crippen LogP contribution in [-0.2, 0) is 0 Å². The molecule has 0 atom stereocenters. The summed E-state index contributed by atoms with van der Waals surface area (Å²) in [5.74, 6) is 0. The van der Waals surface area contributed by atoms with Crippen LogP contribution in [0.5, 0.6) is 0 Å². The van der Waals surface area contributed by atoms with Crippen molar-refractivity contribution >= 4 is 39.2 Å². The maximum Gasteiger partial charge on any atom is 0.182 e. The smallest absolute Gasteiger partial charge is 0.182 e. The molecular formula is C15H10BrN3S. The number of aromatic nitrogens is 2. The Bertz CT molecular complexity index is 915. The Balaban J connectivity index is 2.48. The Morgan fingerprint density at radius 3 is 2.85 bits per heavy atom.